The second-order valence-electron chi connectivity index (χ2n) is 7.68. The average molecular weight is 468 g/mol. The van der Waals surface area contributed by atoms with E-state index in [2.05, 4.69) is 26.7 Å². The summed E-state index contributed by atoms with van der Waals surface area (Å²) in [5.74, 6) is 1.13. The number of allylic oxidation sites excluding steroid dienone is 1. The van der Waals surface area contributed by atoms with Gasteiger partial charge in [0.05, 0.1) is 17.2 Å². The molecule has 0 fully saturated rings. The highest BCUT2D eigenvalue weighted by atomic mass is 35.5. The zero-order chi connectivity index (χ0) is 23.7. The molecule has 3 heterocycles. The SMILES string of the molecule is CC1=C(C(=O)Nc2ccccn2)C(c2ccc(C#N)cc2)n2nc(-c3ccc(Cl)cc3)nc2N1. The number of hydrogen-bond donors (Lipinski definition) is 2. The van der Waals surface area contributed by atoms with Crippen LogP contribution in [0.1, 0.15) is 24.1 Å². The normalized spacial score (nSPS) is 14.7. The van der Waals surface area contributed by atoms with Crippen molar-refractivity contribution >= 4 is 29.3 Å². The van der Waals surface area contributed by atoms with E-state index in [1.165, 1.54) is 0 Å². The van der Waals surface area contributed by atoms with E-state index in [0.29, 0.717) is 39.4 Å². The Balaban J connectivity index is 1.60. The van der Waals surface area contributed by atoms with Gasteiger partial charge in [-0.25, -0.2) is 9.67 Å². The van der Waals surface area contributed by atoms with Crippen molar-refractivity contribution in [3.63, 3.8) is 0 Å². The van der Waals surface area contributed by atoms with Gasteiger partial charge in [0, 0.05) is 22.5 Å². The molecule has 8 nitrogen and oxygen atoms in total. The van der Waals surface area contributed by atoms with Crippen molar-refractivity contribution in [1.29, 1.82) is 5.26 Å². The van der Waals surface area contributed by atoms with Crippen molar-refractivity contribution < 1.29 is 4.79 Å². The van der Waals surface area contributed by atoms with Gasteiger partial charge in [0.2, 0.25) is 5.95 Å². The Kier molecular flexibility index (Phi) is 5.54. The molecule has 1 unspecified atom stereocenters. The summed E-state index contributed by atoms with van der Waals surface area (Å²) in [6.07, 6.45) is 1.61. The molecule has 2 aromatic heterocycles. The molecule has 4 aromatic rings. The number of amides is 1. The van der Waals surface area contributed by atoms with Gasteiger partial charge in [-0.2, -0.15) is 10.2 Å². The number of nitriles is 1. The van der Waals surface area contributed by atoms with E-state index in [9.17, 15) is 10.1 Å². The Hall–Kier alpha value is -4.48. The topological polar surface area (TPSA) is 109 Å². The largest absolute Gasteiger partial charge is 0.328 e. The number of nitrogens with zero attached hydrogens (tertiary/aromatic N) is 5. The van der Waals surface area contributed by atoms with E-state index < -0.39 is 6.04 Å². The number of hydrogen-bond acceptors (Lipinski definition) is 6. The van der Waals surface area contributed by atoms with Gasteiger partial charge in [0.1, 0.15) is 11.9 Å². The van der Waals surface area contributed by atoms with E-state index in [4.69, 9.17) is 16.7 Å². The number of carbonyl (C=O) groups excluding carboxylic acids is 1. The third-order valence-corrected chi connectivity index (χ3v) is 5.71. The van der Waals surface area contributed by atoms with E-state index >= 15 is 0 Å². The number of benzene rings is 2. The highest BCUT2D eigenvalue weighted by Crippen LogP contribution is 2.37. The summed E-state index contributed by atoms with van der Waals surface area (Å²) < 4.78 is 1.69. The van der Waals surface area contributed by atoms with Crippen LogP contribution in [0.15, 0.2) is 84.2 Å². The Bertz CT molecular complexity index is 1440. The fraction of sp³-hybridized carbons (Fsp3) is 0.0800. The lowest BCUT2D eigenvalue weighted by atomic mass is 9.94. The maximum absolute atomic E-state index is 13.4. The van der Waals surface area contributed by atoms with Crippen molar-refractivity contribution in [3.05, 3.63) is 100 Å². The summed E-state index contributed by atoms with van der Waals surface area (Å²) in [6.45, 7) is 1.82. The molecule has 0 saturated carbocycles. The van der Waals surface area contributed by atoms with Crippen LogP contribution < -0.4 is 10.6 Å². The van der Waals surface area contributed by atoms with Crippen molar-refractivity contribution in [2.24, 2.45) is 0 Å². The number of rotatable bonds is 4. The number of fused-ring (bicyclic) bond motifs is 1. The van der Waals surface area contributed by atoms with Crippen molar-refractivity contribution in [2.45, 2.75) is 13.0 Å². The maximum Gasteiger partial charge on any atom is 0.257 e. The minimum Gasteiger partial charge on any atom is -0.328 e. The molecule has 5 rings (SSSR count). The maximum atomic E-state index is 13.4. The van der Waals surface area contributed by atoms with Crippen molar-refractivity contribution in [1.82, 2.24) is 19.7 Å². The van der Waals surface area contributed by atoms with E-state index in [-0.39, 0.29) is 5.91 Å². The van der Waals surface area contributed by atoms with Gasteiger partial charge in [-0.1, -0.05) is 29.8 Å². The van der Waals surface area contributed by atoms with Crippen LogP contribution in [0.3, 0.4) is 0 Å². The molecule has 2 aromatic carbocycles. The number of carbonyl (C=O) groups is 1. The molecular weight excluding hydrogens is 450 g/mol. The van der Waals surface area contributed by atoms with Gasteiger partial charge in [0.25, 0.3) is 5.91 Å². The molecule has 0 bridgehead atoms. The third-order valence-electron chi connectivity index (χ3n) is 5.46. The first-order valence-corrected chi connectivity index (χ1v) is 10.8. The number of halogens is 1. The summed E-state index contributed by atoms with van der Waals surface area (Å²) in [6, 6.07) is 21.2. The van der Waals surface area contributed by atoms with Crippen LogP contribution in [0.2, 0.25) is 5.02 Å². The molecule has 1 aliphatic rings. The first-order valence-electron chi connectivity index (χ1n) is 10.5. The number of pyridine rings is 1. The zero-order valence-electron chi connectivity index (χ0n) is 18.0. The minimum absolute atomic E-state index is 0.313. The van der Waals surface area contributed by atoms with Gasteiger partial charge in [-0.15, -0.1) is 5.10 Å². The van der Waals surface area contributed by atoms with Gasteiger partial charge in [-0.05, 0) is 61.0 Å². The standard InChI is InChI=1S/C25H18ClN7O/c1-15-21(24(34)30-20-4-2-3-13-28-20)22(17-7-5-16(14-27)6-8-17)33-25(29-15)31-23(32-33)18-9-11-19(26)12-10-18/h2-13,22H,1H3,(H,28,30,34)(H,29,31,32). The predicted octanol–water partition coefficient (Wildman–Crippen LogP) is 4.79. The van der Waals surface area contributed by atoms with E-state index in [0.717, 1.165) is 11.1 Å². The molecule has 0 aliphatic carbocycles. The third kappa shape index (κ3) is 4.00. The smallest absolute Gasteiger partial charge is 0.257 e. The monoisotopic (exact) mass is 467 g/mol. The Morgan fingerprint density at radius 1 is 1.12 bits per heavy atom. The summed E-state index contributed by atoms with van der Waals surface area (Å²) in [5, 5.41) is 20.6. The van der Waals surface area contributed by atoms with Gasteiger partial charge < -0.3 is 10.6 Å². The predicted molar refractivity (Wildman–Crippen MR) is 129 cm³/mol. The summed E-state index contributed by atoms with van der Waals surface area (Å²) in [7, 11) is 0. The molecule has 166 valence electrons. The number of anilines is 2. The van der Waals surface area contributed by atoms with Crippen LogP contribution in [-0.4, -0.2) is 25.7 Å². The molecule has 1 amide bonds. The fourth-order valence-electron chi connectivity index (χ4n) is 3.83. The molecule has 1 aliphatic heterocycles. The van der Waals surface area contributed by atoms with Gasteiger partial charge in [0.15, 0.2) is 5.82 Å². The first-order chi connectivity index (χ1) is 16.5. The van der Waals surface area contributed by atoms with Crippen LogP contribution >= 0.6 is 11.6 Å². The molecule has 0 saturated heterocycles. The molecule has 0 spiro atoms. The lowest BCUT2D eigenvalue weighted by Gasteiger charge is -2.28. The lowest BCUT2D eigenvalue weighted by Crippen LogP contribution is -2.31. The zero-order valence-corrected chi connectivity index (χ0v) is 18.8. The highest BCUT2D eigenvalue weighted by molar-refractivity contribution is 6.30. The Morgan fingerprint density at radius 2 is 1.88 bits per heavy atom. The molecule has 1 atom stereocenters. The second-order valence-corrected chi connectivity index (χ2v) is 8.12. The molecule has 9 heteroatoms. The fourth-order valence-corrected chi connectivity index (χ4v) is 3.96. The summed E-state index contributed by atoms with van der Waals surface area (Å²) >= 11 is 6.03. The number of nitrogens with one attached hydrogen (secondary N) is 2. The molecule has 2 N–H and O–H groups in total. The van der Waals surface area contributed by atoms with Crippen LogP contribution in [0.5, 0.6) is 0 Å². The van der Waals surface area contributed by atoms with Crippen molar-refractivity contribution in [3.8, 4) is 17.5 Å². The molecular formula is C25H18ClN7O. The Morgan fingerprint density at radius 3 is 2.56 bits per heavy atom. The highest BCUT2D eigenvalue weighted by Gasteiger charge is 2.34. The van der Waals surface area contributed by atoms with Crippen LogP contribution in [0, 0.1) is 11.3 Å². The average Bonchev–Trinajstić information content (AvgIpc) is 3.27. The first kappa shape index (κ1) is 21.4. The molecule has 34 heavy (non-hydrogen) atoms. The number of aromatic nitrogens is 4. The van der Waals surface area contributed by atoms with Crippen molar-refractivity contribution in [2.75, 3.05) is 10.6 Å². The van der Waals surface area contributed by atoms with E-state index in [1.807, 2.05) is 31.2 Å². The summed E-state index contributed by atoms with van der Waals surface area (Å²) in [4.78, 5) is 22.3. The lowest BCUT2D eigenvalue weighted by molar-refractivity contribution is -0.113. The summed E-state index contributed by atoms with van der Waals surface area (Å²) in [5.41, 5.74) is 3.22. The minimum atomic E-state index is -0.568. The molecule has 0 radical (unpaired) electrons. The quantitative estimate of drug-likeness (QED) is 0.446. The second kappa shape index (κ2) is 8.81. The van der Waals surface area contributed by atoms with Crippen LogP contribution in [0.4, 0.5) is 11.8 Å². The van der Waals surface area contributed by atoms with Gasteiger partial charge >= 0.3 is 0 Å². The Labute approximate surface area is 200 Å². The van der Waals surface area contributed by atoms with E-state index in [1.54, 1.807) is 53.3 Å². The van der Waals surface area contributed by atoms with Gasteiger partial charge in [-0.3, -0.25) is 4.79 Å². The van der Waals surface area contributed by atoms with Crippen LogP contribution in [-0.2, 0) is 4.79 Å². The van der Waals surface area contributed by atoms with Crippen LogP contribution in [0.25, 0.3) is 11.4 Å².